The van der Waals surface area contributed by atoms with Crippen molar-refractivity contribution in [2.24, 2.45) is 0 Å². The number of carbonyl (C=O) groups excluding carboxylic acids is 1. The Morgan fingerprint density at radius 3 is 2.19 bits per heavy atom. The highest BCUT2D eigenvalue weighted by Crippen LogP contribution is 2.36. The van der Waals surface area contributed by atoms with Crippen molar-refractivity contribution in [3.8, 4) is 0 Å². The predicted octanol–water partition coefficient (Wildman–Crippen LogP) is 3.62. The number of ether oxygens (including phenoxy) is 1. The van der Waals surface area contributed by atoms with Crippen molar-refractivity contribution in [2.75, 3.05) is 0 Å². The van der Waals surface area contributed by atoms with Crippen LogP contribution < -0.4 is 0 Å². The second-order valence-electron chi connectivity index (χ2n) is 3.08. The molecule has 0 saturated heterocycles. The summed E-state index contributed by atoms with van der Waals surface area (Å²) in [6, 6.07) is 5.42. The highest BCUT2D eigenvalue weighted by atomic mass is 79.9. The van der Waals surface area contributed by atoms with E-state index in [0.29, 0.717) is 4.47 Å². The zero-order valence-electron chi connectivity index (χ0n) is 8.22. The van der Waals surface area contributed by atoms with Gasteiger partial charge in [0.05, 0.1) is 0 Å². The predicted molar refractivity (Wildman–Crippen MR) is 54.7 cm³/mol. The van der Waals surface area contributed by atoms with Gasteiger partial charge in [0.2, 0.25) is 6.10 Å². The summed E-state index contributed by atoms with van der Waals surface area (Å²) in [6.45, 7) is 0.942. The Kier molecular flexibility index (Phi) is 3.96. The molecule has 0 heterocycles. The second-order valence-corrected chi connectivity index (χ2v) is 4.00. The van der Waals surface area contributed by atoms with Gasteiger partial charge >= 0.3 is 12.1 Å². The summed E-state index contributed by atoms with van der Waals surface area (Å²) in [5.74, 6) is -0.967. The van der Waals surface area contributed by atoms with E-state index in [2.05, 4.69) is 20.7 Å². The summed E-state index contributed by atoms with van der Waals surface area (Å²) >= 11 is 3.11. The standard InChI is InChI=1S/C10H8BrF3O2/c1-6(15)16-9(10(12,13)14)7-2-4-8(11)5-3-7/h2-5,9H,1H3/t9-/m0/s1. The third kappa shape index (κ3) is 3.52. The summed E-state index contributed by atoms with van der Waals surface area (Å²) in [4.78, 5) is 10.6. The van der Waals surface area contributed by atoms with Crippen molar-refractivity contribution in [2.45, 2.75) is 19.2 Å². The van der Waals surface area contributed by atoms with Crippen LogP contribution in [0.25, 0.3) is 0 Å². The smallest absolute Gasteiger partial charge is 0.429 e. The van der Waals surface area contributed by atoms with Gasteiger partial charge in [0.1, 0.15) is 0 Å². The molecule has 2 nitrogen and oxygen atoms in total. The largest absolute Gasteiger partial charge is 0.448 e. The molecule has 1 aromatic carbocycles. The van der Waals surface area contributed by atoms with Gasteiger partial charge in [0.25, 0.3) is 0 Å². The van der Waals surface area contributed by atoms with E-state index in [1.807, 2.05) is 0 Å². The molecule has 0 amide bonds. The number of alkyl halides is 3. The molecule has 88 valence electrons. The van der Waals surface area contributed by atoms with Crippen LogP contribution in [0.4, 0.5) is 13.2 Å². The number of hydrogen-bond donors (Lipinski definition) is 0. The molecule has 0 unspecified atom stereocenters. The first-order chi connectivity index (χ1) is 7.30. The Hall–Kier alpha value is -1.04. The normalized spacial score (nSPS) is 13.3. The van der Waals surface area contributed by atoms with Crippen LogP contribution in [0.15, 0.2) is 28.7 Å². The summed E-state index contributed by atoms with van der Waals surface area (Å²) < 4.78 is 42.6. The number of benzene rings is 1. The molecule has 0 aliphatic heterocycles. The van der Waals surface area contributed by atoms with E-state index in [-0.39, 0.29) is 5.56 Å². The van der Waals surface area contributed by atoms with Crippen LogP contribution in [0.5, 0.6) is 0 Å². The van der Waals surface area contributed by atoms with Crippen molar-refractivity contribution >= 4 is 21.9 Å². The van der Waals surface area contributed by atoms with E-state index in [0.717, 1.165) is 6.92 Å². The molecule has 0 saturated carbocycles. The second kappa shape index (κ2) is 4.86. The lowest BCUT2D eigenvalue weighted by Gasteiger charge is -2.20. The number of rotatable bonds is 2. The van der Waals surface area contributed by atoms with Gasteiger partial charge in [0.15, 0.2) is 0 Å². The van der Waals surface area contributed by atoms with E-state index < -0.39 is 18.2 Å². The topological polar surface area (TPSA) is 26.3 Å². The van der Waals surface area contributed by atoms with Crippen LogP contribution in [-0.4, -0.2) is 12.1 Å². The van der Waals surface area contributed by atoms with Crippen molar-refractivity contribution in [1.82, 2.24) is 0 Å². The number of halogens is 4. The van der Waals surface area contributed by atoms with E-state index in [4.69, 9.17) is 0 Å². The maximum atomic E-state index is 12.6. The van der Waals surface area contributed by atoms with Gasteiger partial charge < -0.3 is 4.74 Å². The minimum atomic E-state index is -4.61. The Balaban J connectivity index is 3.01. The zero-order chi connectivity index (χ0) is 12.3. The van der Waals surface area contributed by atoms with Crippen molar-refractivity contribution in [3.05, 3.63) is 34.3 Å². The number of carbonyl (C=O) groups is 1. The lowest BCUT2D eigenvalue weighted by atomic mass is 10.1. The Morgan fingerprint density at radius 1 is 1.31 bits per heavy atom. The highest BCUT2D eigenvalue weighted by molar-refractivity contribution is 9.10. The van der Waals surface area contributed by atoms with Crippen LogP contribution in [0, 0.1) is 0 Å². The van der Waals surface area contributed by atoms with Gasteiger partial charge in [-0.15, -0.1) is 0 Å². The maximum absolute atomic E-state index is 12.6. The Morgan fingerprint density at radius 2 is 1.81 bits per heavy atom. The third-order valence-corrected chi connectivity index (χ3v) is 2.28. The van der Waals surface area contributed by atoms with Crippen LogP contribution >= 0.6 is 15.9 Å². The third-order valence-electron chi connectivity index (χ3n) is 1.75. The van der Waals surface area contributed by atoms with Gasteiger partial charge in [-0.2, -0.15) is 13.2 Å². The first kappa shape index (κ1) is 13.0. The van der Waals surface area contributed by atoms with E-state index in [1.54, 1.807) is 0 Å². The molecule has 0 radical (unpaired) electrons. The maximum Gasteiger partial charge on any atom is 0.429 e. The molecule has 0 aliphatic rings. The molecule has 6 heteroatoms. The molecule has 0 aliphatic carbocycles. The highest BCUT2D eigenvalue weighted by Gasteiger charge is 2.43. The minimum absolute atomic E-state index is 0.106. The SMILES string of the molecule is CC(=O)O[C@@H](c1ccc(Br)cc1)C(F)(F)F. The first-order valence-corrected chi connectivity index (χ1v) is 5.09. The van der Waals surface area contributed by atoms with Crippen LogP contribution in [0.2, 0.25) is 0 Å². The molecule has 0 bridgehead atoms. The summed E-state index contributed by atoms with van der Waals surface area (Å²) in [7, 11) is 0. The fourth-order valence-corrected chi connectivity index (χ4v) is 1.39. The number of esters is 1. The lowest BCUT2D eigenvalue weighted by Crippen LogP contribution is -2.25. The monoisotopic (exact) mass is 296 g/mol. The fourth-order valence-electron chi connectivity index (χ4n) is 1.13. The van der Waals surface area contributed by atoms with E-state index in [9.17, 15) is 18.0 Å². The molecule has 1 atom stereocenters. The van der Waals surface area contributed by atoms with Crippen molar-refractivity contribution in [3.63, 3.8) is 0 Å². The molecule has 0 spiro atoms. The average Bonchev–Trinajstić information content (AvgIpc) is 2.14. The van der Waals surface area contributed by atoms with Gasteiger partial charge in [-0.3, -0.25) is 4.79 Å². The summed E-state index contributed by atoms with van der Waals surface area (Å²) in [5.41, 5.74) is -0.106. The molecule has 1 aromatic rings. The molecule has 0 fully saturated rings. The van der Waals surface area contributed by atoms with Crippen LogP contribution in [-0.2, 0) is 9.53 Å². The van der Waals surface area contributed by atoms with Gasteiger partial charge in [-0.25, -0.2) is 0 Å². The molecular weight excluding hydrogens is 289 g/mol. The van der Waals surface area contributed by atoms with Crippen LogP contribution in [0.3, 0.4) is 0 Å². The number of hydrogen-bond acceptors (Lipinski definition) is 2. The molecule has 0 N–H and O–H groups in total. The molecule has 0 aromatic heterocycles. The Bertz CT molecular complexity index is 373. The average molecular weight is 297 g/mol. The summed E-state index contributed by atoms with van der Waals surface area (Å²) in [6.07, 6.45) is -6.82. The van der Waals surface area contributed by atoms with Crippen molar-refractivity contribution < 1.29 is 22.7 Å². The zero-order valence-corrected chi connectivity index (χ0v) is 9.80. The van der Waals surface area contributed by atoms with E-state index >= 15 is 0 Å². The minimum Gasteiger partial charge on any atom is -0.448 e. The quantitative estimate of drug-likeness (QED) is 0.779. The van der Waals surface area contributed by atoms with Gasteiger partial charge in [-0.05, 0) is 12.1 Å². The van der Waals surface area contributed by atoms with E-state index in [1.165, 1.54) is 24.3 Å². The van der Waals surface area contributed by atoms with Gasteiger partial charge in [-0.1, -0.05) is 28.1 Å². The van der Waals surface area contributed by atoms with Crippen LogP contribution in [0.1, 0.15) is 18.6 Å². The lowest BCUT2D eigenvalue weighted by molar-refractivity contribution is -0.222. The molecule has 1 rings (SSSR count). The molecular formula is C10H8BrF3O2. The molecule has 16 heavy (non-hydrogen) atoms. The van der Waals surface area contributed by atoms with Gasteiger partial charge in [0, 0.05) is 17.0 Å². The van der Waals surface area contributed by atoms with Crippen molar-refractivity contribution in [1.29, 1.82) is 0 Å². The fraction of sp³-hybridized carbons (Fsp3) is 0.300. The summed E-state index contributed by atoms with van der Waals surface area (Å²) in [5, 5.41) is 0. The Labute approximate surface area is 98.5 Å². The first-order valence-electron chi connectivity index (χ1n) is 4.30.